The van der Waals surface area contributed by atoms with Gasteiger partial charge in [-0.05, 0) is 75.9 Å². The highest BCUT2D eigenvalue weighted by molar-refractivity contribution is 6.42. The molecule has 174 valence electrons. The quantitative estimate of drug-likeness (QED) is 0.436. The fourth-order valence-electron chi connectivity index (χ4n) is 3.95. The van der Waals surface area contributed by atoms with Crippen LogP contribution in [0.1, 0.15) is 24.3 Å². The van der Waals surface area contributed by atoms with Gasteiger partial charge in [-0.3, -0.25) is 0 Å². The lowest BCUT2D eigenvalue weighted by molar-refractivity contribution is 0.249. The number of carbonyl (C=O) groups is 1. The monoisotopic (exact) mass is 516 g/mol. The average molecular weight is 518 g/mol. The van der Waals surface area contributed by atoms with Crippen LogP contribution >= 0.6 is 46.4 Å². The highest BCUT2D eigenvalue weighted by atomic mass is 35.5. The van der Waals surface area contributed by atoms with Crippen molar-refractivity contribution in [3.8, 4) is 0 Å². The molecule has 0 aromatic heterocycles. The molecule has 0 radical (unpaired) electrons. The molecule has 9 heteroatoms. The van der Waals surface area contributed by atoms with Crippen LogP contribution in [0.2, 0.25) is 20.1 Å². The van der Waals surface area contributed by atoms with Crippen molar-refractivity contribution in [3.63, 3.8) is 0 Å². The molecule has 2 aromatic carbocycles. The van der Waals surface area contributed by atoms with E-state index >= 15 is 0 Å². The van der Waals surface area contributed by atoms with Gasteiger partial charge in [0.15, 0.2) is 0 Å². The molecule has 2 atom stereocenters. The Balaban J connectivity index is 1.62. The van der Waals surface area contributed by atoms with E-state index in [0.29, 0.717) is 38.4 Å². The maximum atomic E-state index is 12.5. The van der Waals surface area contributed by atoms with Crippen molar-refractivity contribution in [3.05, 3.63) is 62.1 Å². The maximum Gasteiger partial charge on any atom is 0.319 e. The van der Waals surface area contributed by atoms with Gasteiger partial charge in [0.1, 0.15) is 0 Å². The topological polar surface area (TPSA) is 47.6 Å². The van der Waals surface area contributed by atoms with Gasteiger partial charge in [-0.1, -0.05) is 52.5 Å². The number of urea groups is 1. The summed E-state index contributed by atoms with van der Waals surface area (Å²) in [4.78, 5) is 17.3. The van der Waals surface area contributed by atoms with Crippen LogP contribution in [0, 0.1) is 0 Å². The lowest BCUT2D eigenvalue weighted by atomic mass is 9.95. The highest BCUT2D eigenvalue weighted by Gasteiger charge is 2.25. The number of carbonyl (C=O) groups excluding carboxylic acids is 1. The van der Waals surface area contributed by atoms with Crippen LogP contribution in [0.3, 0.4) is 0 Å². The van der Waals surface area contributed by atoms with Gasteiger partial charge >= 0.3 is 6.03 Å². The van der Waals surface area contributed by atoms with Crippen molar-refractivity contribution in [1.82, 2.24) is 15.1 Å². The Bertz CT molecular complexity index is 920. The smallest absolute Gasteiger partial charge is 0.319 e. The standard InChI is InChI=1S/C23H28Cl4N4O/c1-30(2)20-6-8-31(14-20)7-5-16(15-3-4-21(26)22(27)9-15)13-28-23(32)29-19-11-17(24)10-18(25)12-19/h3-4,9-12,16,20H,5-8,13-14H2,1-2H3,(H2,28,29,32). The summed E-state index contributed by atoms with van der Waals surface area (Å²) in [6, 6.07) is 10.9. The van der Waals surface area contributed by atoms with E-state index in [1.165, 1.54) is 6.42 Å². The van der Waals surface area contributed by atoms with Crippen LogP contribution in [0.25, 0.3) is 0 Å². The first-order valence-corrected chi connectivity index (χ1v) is 12.1. The first-order chi connectivity index (χ1) is 15.2. The minimum absolute atomic E-state index is 0.0943. The fourth-order valence-corrected chi connectivity index (χ4v) is 4.78. The summed E-state index contributed by atoms with van der Waals surface area (Å²) in [6.45, 7) is 3.55. The van der Waals surface area contributed by atoms with E-state index in [1.807, 2.05) is 12.1 Å². The Kier molecular flexibility index (Phi) is 9.35. The second kappa shape index (κ2) is 11.8. The molecule has 2 unspecified atom stereocenters. The molecule has 1 aliphatic rings. The predicted octanol–water partition coefficient (Wildman–Crippen LogP) is 6.23. The molecule has 5 nitrogen and oxygen atoms in total. The molecule has 1 heterocycles. The second-order valence-corrected chi connectivity index (χ2v) is 10.0. The molecule has 0 bridgehead atoms. The van der Waals surface area contributed by atoms with Gasteiger partial charge < -0.3 is 20.4 Å². The van der Waals surface area contributed by atoms with E-state index in [0.717, 1.165) is 31.6 Å². The Morgan fingerprint density at radius 1 is 1.09 bits per heavy atom. The van der Waals surface area contributed by atoms with Crippen molar-refractivity contribution in [2.45, 2.75) is 24.8 Å². The molecule has 2 aromatic rings. The third-order valence-electron chi connectivity index (χ3n) is 5.82. The first-order valence-electron chi connectivity index (χ1n) is 10.6. The van der Waals surface area contributed by atoms with Crippen molar-refractivity contribution < 1.29 is 4.79 Å². The number of hydrogen-bond acceptors (Lipinski definition) is 3. The van der Waals surface area contributed by atoms with Crippen molar-refractivity contribution >= 4 is 58.1 Å². The number of halogens is 4. The molecule has 1 aliphatic heterocycles. The molecule has 0 aliphatic carbocycles. The van der Waals surface area contributed by atoms with Gasteiger partial charge in [0.25, 0.3) is 0 Å². The van der Waals surface area contributed by atoms with Gasteiger partial charge in [0, 0.05) is 40.8 Å². The number of amides is 2. The molecule has 0 spiro atoms. The number of hydrogen-bond donors (Lipinski definition) is 2. The predicted molar refractivity (Wildman–Crippen MR) is 136 cm³/mol. The SMILES string of the molecule is CN(C)C1CCN(CCC(CNC(=O)Nc2cc(Cl)cc(Cl)c2)c2ccc(Cl)c(Cl)c2)C1. The van der Waals surface area contributed by atoms with E-state index in [9.17, 15) is 4.79 Å². The zero-order valence-corrected chi connectivity index (χ0v) is 21.2. The van der Waals surface area contributed by atoms with Crippen LogP contribution in [-0.2, 0) is 0 Å². The Labute approximate surface area is 209 Å². The van der Waals surface area contributed by atoms with Crippen molar-refractivity contribution in [2.24, 2.45) is 0 Å². The molecule has 2 amide bonds. The number of nitrogens with one attached hydrogen (secondary N) is 2. The largest absolute Gasteiger partial charge is 0.337 e. The number of rotatable bonds is 8. The van der Waals surface area contributed by atoms with E-state index < -0.39 is 0 Å². The first kappa shape index (κ1) is 25.4. The van der Waals surface area contributed by atoms with Gasteiger partial charge in [-0.2, -0.15) is 0 Å². The Hall–Kier alpha value is -1.21. The molecular formula is C23H28Cl4N4O. The minimum atomic E-state index is -0.317. The second-order valence-electron chi connectivity index (χ2n) is 8.36. The molecule has 3 rings (SSSR count). The van der Waals surface area contributed by atoms with Gasteiger partial charge in [-0.25, -0.2) is 4.79 Å². The van der Waals surface area contributed by atoms with E-state index in [2.05, 4.69) is 34.5 Å². The summed E-state index contributed by atoms with van der Waals surface area (Å²) in [6.07, 6.45) is 2.06. The highest BCUT2D eigenvalue weighted by Crippen LogP contribution is 2.29. The van der Waals surface area contributed by atoms with Crippen molar-refractivity contribution in [2.75, 3.05) is 45.6 Å². The summed E-state index contributed by atoms with van der Waals surface area (Å²) < 4.78 is 0. The summed E-state index contributed by atoms with van der Waals surface area (Å²) in [7, 11) is 4.25. The Morgan fingerprint density at radius 3 is 2.44 bits per heavy atom. The Morgan fingerprint density at radius 2 is 1.81 bits per heavy atom. The summed E-state index contributed by atoms with van der Waals surface area (Å²) in [5.74, 6) is 0.0943. The van der Waals surface area contributed by atoms with E-state index in [4.69, 9.17) is 46.4 Å². The number of nitrogens with zero attached hydrogens (tertiary/aromatic N) is 2. The molecule has 0 saturated carbocycles. The summed E-state index contributed by atoms with van der Waals surface area (Å²) in [5, 5.41) is 7.71. The van der Waals surface area contributed by atoms with Crippen molar-refractivity contribution in [1.29, 1.82) is 0 Å². The molecule has 1 fully saturated rings. The van der Waals surface area contributed by atoms with Crippen LogP contribution in [0.15, 0.2) is 36.4 Å². The van der Waals surface area contributed by atoms with Gasteiger partial charge in [0.05, 0.1) is 10.0 Å². The maximum absolute atomic E-state index is 12.5. The number of anilines is 1. The van der Waals surface area contributed by atoms with E-state index in [1.54, 1.807) is 24.3 Å². The average Bonchev–Trinajstić information content (AvgIpc) is 3.19. The molecule has 2 N–H and O–H groups in total. The lowest BCUT2D eigenvalue weighted by Gasteiger charge is -2.24. The zero-order chi connectivity index (χ0) is 23.3. The zero-order valence-electron chi connectivity index (χ0n) is 18.2. The van der Waals surface area contributed by atoms with Gasteiger partial charge in [-0.15, -0.1) is 0 Å². The van der Waals surface area contributed by atoms with Crippen LogP contribution in [0.5, 0.6) is 0 Å². The lowest BCUT2D eigenvalue weighted by Crippen LogP contribution is -2.35. The molecular weight excluding hydrogens is 490 g/mol. The molecule has 1 saturated heterocycles. The fraction of sp³-hybridized carbons (Fsp3) is 0.435. The van der Waals surface area contributed by atoms with E-state index in [-0.39, 0.29) is 11.9 Å². The number of likely N-dealkylation sites (N-methyl/N-ethyl adjacent to an activating group) is 1. The third kappa shape index (κ3) is 7.41. The number of benzene rings is 2. The minimum Gasteiger partial charge on any atom is -0.337 e. The summed E-state index contributed by atoms with van der Waals surface area (Å²) in [5.41, 5.74) is 1.59. The van der Waals surface area contributed by atoms with Crippen LogP contribution in [0.4, 0.5) is 10.5 Å². The third-order valence-corrected chi connectivity index (χ3v) is 6.99. The summed E-state index contributed by atoms with van der Waals surface area (Å²) >= 11 is 24.4. The normalized spacial score (nSPS) is 17.5. The molecule has 32 heavy (non-hydrogen) atoms. The number of likely N-dealkylation sites (tertiary alicyclic amines) is 1. The van der Waals surface area contributed by atoms with Crippen LogP contribution < -0.4 is 10.6 Å². The van der Waals surface area contributed by atoms with Gasteiger partial charge in [0.2, 0.25) is 0 Å². The van der Waals surface area contributed by atoms with Crippen LogP contribution in [-0.4, -0.2) is 62.1 Å².